The number of hydrogen-bond acceptors (Lipinski definition) is 5. The molecule has 1 amide bonds. The number of sulfonamides is 1. The third kappa shape index (κ3) is 7.72. The maximum Gasteiger partial charge on any atom is 0.255 e. The molecule has 0 unspecified atom stereocenters. The maximum absolute atomic E-state index is 14.6. The van der Waals surface area contributed by atoms with Gasteiger partial charge in [-0.05, 0) is 108 Å². The van der Waals surface area contributed by atoms with E-state index >= 15 is 0 Å². The molecule has 1 saturated heterocycles. The van der Waals surface area contributed by atoms with Gasteiger partial charge in [-0.15, -0.1) is 0 Å². The first-order chi connectivity index (χ1) is 21.3. The van der Waals surface area contributed by atoms with Crippen molar-refractivity contribution in [2.24, 2.45) is 5.92 Å². The van der Waals surface area contributed by atoms with Crippen LogP contribution in [-0.4, -0.2) is 84.0 Å². The van der Waals surface area contributed by atoms with E-state index in [1.807, 2.05) is 17.4 Å². The van der Waals surface area contributed by atoms with E-state index in [2.05, 4.69) is 20.8 Å². The number of aryl methyl sites for hydroxylation is 1. The van der Waals surface area contributed by atoms with Crippen molar-refractivity contribution in [3.05, 3.63) is 59.4 Å². The van der Waals surface area contributed by atoms with Gasteiger partial charge in [0.15, 0.2) is 0 Å². The van der Waals surface area contributed by atoms with Crippen molar-refractivity contribution >= 4 is 21.4 Å². The molecule has 1 aromatic carbocycles. The predicted octanol–water partition coefficient (Wildman–Crippen LogP) is 5.85. The minimum Gasteiger partial charge on any atom is -0.330 e. The molecule has 3 aromatic rings. The molecular formula is C33H44F3N5O3S. The van der Waals surface area contributed by atoms with Gasteiger partial charge < -0.3 is 14.2 Å². The Morgan fingerprint density at radius 1 is 1.11 bits per heavy atom. The van der Waals surface area contributed by atoms with Gasteiger partial charge in [0, 0.05) is 36.9 Å². The Bertz CT molecular complexity index is 1620. The number of imidazole rings is 1. The molecule has 0 spiro atoms. The molecule has 246 valence electrons. The number of hydrogen-bond donors (Lipinski definition) is 1. The van der Waals surface area contributed by atoms with Gasteiger partial charge in [-0.3, -0.25) is 4.79 Å². The summed E-state index contributed by atoms with van der Waals surface area (Å²) in [5, 5.41) is 0. The largest absolute Gasteiger partial charge is 0.330 e. The SMILES string of the molecule is CCS(=O)(=O)NC1CCC(CN2CC[C@@H](c3cc(-c4ccc(F)cc4C(=O)N(CC(F)F)C(C)C)c4cnc(C)n4c3)C2)CC1. The van der Waals surface area contributed by atoms with Crippen molar-refractivity contribution in [3.63, 3.8) is 0 Å². The highest BCUT2D eigenvalue weighted by Crippen LogP contribution is 2.36. The zero-order valence-corrected chi connectivity index (χ0v) is 27.3. The molecule has 5 rings (SSSR count). The van der Waals surface area contributed by atoms with E-state index in [1.165, 1.54) is 6.07 Å². The van der Waals surface area contributed by atoms with Gasteiger partial charge in [-0.2, -0.15) is 0 Å². The highest BCUT2D eigenvalue weighted by Gasteiger charge is 2.31. The van der Waals surface area contributed by atoms with Crippen molar-refractivity contribution in [1.29, 1.82) is 0 Å². The summed E-state index contributed by atoms with van der Waals surface area (Å²) in [7, 11) is -3.19. The number of carbonyl (C=O) groups is 1. The number of halogens is 3. The number of alkyl halides is 2. The van der Waals surface area contributed by atoms with Gasteiger partial charge in [-0.25, -0.2) is 31.3 Å². The second kappa shape index (κ2) is 13.8. The second-order valence-corrected chi connectivity index (χ2v) is 14.9. The average molecular weight is 648 g/mol. The number of pyridine rings is 1. The molecule has 2 aliphatic rings. The van der Waals surface area contributed by atoms with Crippen molar-refractivity contribution in [3.8, 4) is 11.1 Å². The number of likely N-dealkylation sites (tertiary alicyclic amines) is 1. The Balaban J connectivity index is 1.38. The predicted molar refractivity (Wildman–Crippen MR) is 170 cm³/mol. The van der Waals surface area contributed by atoms with Crippen LogP contribution in [0.2, 0.25) is 0 Å². The molecule has 1 aliphatic carbocycles. The third-order valence-electron chi connectivity index (χ3n) is 9.40. The van der Waals surface area contributed by atoms with Crippen molar-refractivity contribution < 1.29 is 26.4 Å². The van der Waals surface area contributed by atoms with Crippen LogP contribution in [0.4, 0.5) is 13.2 Å². The number of benzene rings is 1. The number of aromatic nitrogens is 2. The molecule has 2 fully saturated rings. The fourth-order valence-electron chi connectivity index (χ4n) is 6.88. The minimum atomic E-state index is -3.19. The molecule has 2 aromatic heterocycles. The smallest absolute Gasteiger partial charge is 0.255 e. The Morgan fingerprint density at radius 2 is 1.84 bits per heavy atom. The Morgan fingerprint density at radius 3 is 2.51 bits per heavy atom. The summed E-state index contributed by atoms with van der Waals surface area (Å²) in [5.41, 5.74) is 3.08. The van der Waals surface area contributed by atoms with Crippen LogP contribution in [0.1, 0.15) is 80.5 Å². The number of nitrogens with zero attached hydrogens (tertiary/aromatic N) is 4. The summed E-state index contributed by atoms with van der Waals surface area (Å²) >= 11 is 0. The fraction of sp³-hybridized carbons (Fsp3) is 0.576. The van der Waals surface area contributed by atoms with Crippen molar-refractivity contribution in [2.45, 2.75) is 84.2 Å². The standard InChI is InChI=1S/C33H44F3N5O3S/c1-5-45(43,44)38-27-9-6-23(7-10-27)17-39-13-12-24(18-39)25-14-29(31-16-37-22(4)41(31)19-25)28-11-8-26(34)15-30(28)33(42)40(21(2)3)20-32(35)36/h8,11,14-16,19,21,23-24,27,32,38H,5-7,9-10,12-13,17-18,20H2,1-4H3/t23?,24-,27?/m1/s1. The Kier molecular flexibility index (Phi) is 10.2. The fourth-order valence-corrected chi connectivity index (χ4v) is 7.79. The second-order valence-electron chi connectivity index (χ2n) is 12.9. The molecule has 3 heterocycles. The number of nitrogens with one attached hydrogen (secondary N) is 1. The minimum absolute atomic E-state index is 0.0207. The average Bonchev–Trinajstić information content (AvgIpc) is 3.62. The quantitative estimate of drug-likeness (QED) is 0.282. The van der Waals surface area contributed by atoms with Gasteiger partial charge in [0.05, 0.1) is 29.6 Å². The van der Waals surface area contributed by atoms with Crippen LogP contribution in [0.15, 0.2) is 36.7 Å². The summed E-state index contributed by atoms with van der Waals surface area (Å²) in [5.74, 6) is 0.377. The molecule has 1 saturated carbocycles. The molecule has 45 heavy (non-hydrogen) atoms. The van der Waals surface area contributed by atoms with E-state index in [0.717, 1.165) is 79.6 Å². The zero-order valence-electron chi connectivity index (χ0n) is 26.5. The summed E-state index contributed by atoms with van der Waals surface area (Å²) in [6.45, 7) is 8.94. The van der Waals surface area contributed by atoms with Crippen LogP contribution < -0.4 is 4.72 Å². The van der Waals surface area contributed by atoms with E-state index in [1.54, 1.807) is 33.0 Å². The highest BCUT2D eigenvalue weighted by molar-refractivity contribution is 7.89. The van der Waals surface area contributed by atoms with Crippen LogP contribution in [0.25, 0.3) is 16.6 Å². The maximum atomic E-state index is 14.6. The van der Waals surface area contributed by atoms with E-state index < -0.39 is 40.8 Å². The van der Waals surface area contributed by atoms with Crippen LogP contribution in [0.3, 0.4) is 0 Å². The first-order valence-electron chi connectivity index (χ1n) is 15.9. The molecule has 12 heteroatoms. The summed E-state index contributed by atoms with van der Waals surface area (Å²) in [6, 6.07) is 5.57. The lowest BCUT2D eigenvalue weighted by Gasteiger charge is -2.31. The van der Waals surface area contributed by atoms with Crippen LogP contribution in [0.5, 0.6) is 0 Å². The first-order valence-corrected chi connectivity index (χ1v) is 17.6. The third-order valence-corrected chi connectivity index (χ3v) is 10.9. The molecule has 1 atom stereocenters. The van der Waals surface area contributed by atoms with E-state index in [0.29, 0.717) is 17.0 Å². The number of rotatable bonds is 11. The van der Waals surface area contributed by atoms with Crippen molar-refractivity contribution in [2.75, 3.05) is 31.9 Å². The molecule has 1 N–H and O–H groups in total. The lowest BCUT2D eigenvalue weighted by Crippen LogP contribution is -2.40. The monoisotopic (exact) mass is 647 g/mol. The number of fused-ring (bicyclic) bond motifs is 1. The summed E-state index contributed by atoms with van der Waals surface area (Å²) < 4.78 is 70.2. The summed E-state index contributed by atoms with van der Waals surface area (Å²) in [6.07, 6.45) is 5.73. The van der Waals surface area contributed by atoms with Crippen LogP contribution in [0, 0.1) is 18.7 Å². The van der Waals surface area contributed by atoms with E-state index in [4.69, 9.17) is 0 Å². The molecule has 0 bridgehead atoms. The number of carbonyl (C=O) groups excluding carboxylic acids is 1. The Hall–Kier alpha value is -2.96. The number of amides is 1. The molecular weight excluding hydrogens is 603 g/mol. The van der Waals surface area contributed by atoms with Gasteiger partial charge >= 0.3 is 0 Å². The zero-order chi connectivity index (χ0) is 32.5. The van der Waals surface area contributed by atoms with Gasteiger partial charge in [-0.1, -0.05) is 6.07 Å². The van der Waals surface area contributed by atoms with Gasteiger partial charge in [0.25, 0.3) is 12.3 Å². The van der Waals surface area contributed by atoms with E-state index in [9.17, 15) is 26.4 Å². The van der Waals surface area contributed by atoms with Gasteiger partial charge in [0.1, 0.15) is 11.6 Å². The lowest BCUT2D eigenvalue weighted by molar-refractivity contribution is 0.0476. The molecule has 8 nitrogen and oxygen atoms in total. The van der Waals surface area contributed by atoms with Crippen LogP contribution in [-0.2, 0) is 10.0 Å². The first kappa shape index (κ1) is 33.4. The summed E-state index contributed by atoms with van der Waals surface area (Å²) in [4.78, 5) is 21.7. The van der Waals surface area contributed by atoms with Crippen LogP contribution >= 0.6 is 0 Å². The topological polar surface area (TPSA) is 87.0 Å². The van der Waals surface area contributed by atoms with E-state index in [-0.39, 0.29) is 23.3 Å². The lowest BCUT2D eigenvalue weighted by atomic mass is 9.86. The van der Waals surface area contributed by atoms with Gasteiger partial charge in [0.2, 0.25) is 10.0 Å². The highest BCUT2D eigenvalue weighted by atomic mass is 32.2. The Labute approximate surface area is 264 Å². The van der Waals surface area contributed by atoms with Crippen molar-refractivity contribution in [1.82, 2.24) is 23.9 Å². The normalized spacial score (nSPS) is 21.3. The molecule has 0 radical (unpaired) electrons. The molecule has 1 aliphatic heterocycles.